The zero-order valence-corrected chi connectivity index (χ0v) is 8.52. The second kappa shape index (κ2) is 4.38. The van der Waals surface area contributed by atoms with Crippen molar-refractivity contribution in [1.29, 1.82) is 0 Å². The number of hydrogen-bond donors (Lipinski definition) is 0. The van der Waals surface area contributed by atoms with E-state index in [1.54, 1.807) is 6.26 Å². The third-order valence-electron chi connectivity index (χ3n) is 1.19. The van der Waals surface area contributed by atoms with Crippen LogP contribution in [0.3, 0.4) is 0 Å². The van der Waals surface area contributed by atoms with Crippen LogP contribution >= 0.6 is 23.4 Å². The summed E-state index contributed by atoms with van der Waals surface area (Å²) in [6.07, 6.45) is 1.78. The predicted molar refractivity (Wildman–Crippen MR) is 48.0 cm³/mol. The first-order valence-electron chi connectivity index (χ1n) is 3.21. The molecule has 0 aromatic carbocycles. The molecule has 0 aliphatic heterocycles. The number of halogens is 1. The van der Waals surface area contributed by atoms with Crippen molar-refractivity contribution < 1.29 is 9.53 Å². The van der Waals surface area contributed by atoms with E-state index >= 15 is 0 Å². The van der Waals surface area contributed by atoms with Crippen molar-refractivity contribution in [3.8, 4) is 0 Å². The van der Waals surface area contributed by atoms with Gasteiger partial charge in [-0.15, -0.1) is 10.2 Å². The molecule has 0 spiro atoms. The van der Waals surface area contributed by atoms with Gasteiger partial charge in [0, 0.05) is 0 Å². The summed E-state index contributed by atoms with van der Waals surface area (Å²) in [5.41, 5.74) is -0.0676. The SMILES string of the molecule is COC(=O)c1nnc(SC)nc1Cl. The van der Waals surface area contributed by atoms with E-state index in [9.17, 15) is 4.79 Å². The summed E-state index contributed by atoms with van der Waals surface area (Å²) in [5, 5.41) is 7.64. The van der Waals surface area contributed by atoms with E-state index in [1.165, 1.54) is 18.9 Å². The van der Waals surface area contributed by atoms with Crippen molar-refractivity contribution in [2.45, 2.75) is 5.16 Å². The van der Waals surface area contributed by atoms with Crippen LogP contribution in [0, 0.1) is 0 Å². The number of esters is 1. The molecule has 1 aromatic rings. The van der Waals surface area contributed by atoms with Gasteiger partial charge in [-0.25, -0.2) is 9.78 Å². The molecule has 0 aliphatic rings. The minimum absolute atomic E-state index is 0.00574. The van der Waals surface area contributed by atoms with Crippen molar-refractivity contribution in [3.05, 3.63) is 10.8 Å². The number of aromatic nitrogens is 3. The first-order chi connectivity index (χ1) is 6.19. The van der Waals surface area contributed by atoms with Gasteiger partial charge in [0.25, 0.3) is 0 Å². The number of rotatable bonds is 2. The molecule has 0 aliphatic carbocycles. The zero-order chi connectivity index (χ0) is 9.84. The van der Waals surface area contributed by atoms with Gasteiger partial charge in [0.15, 0.2) is 5.15 Å². The maximum absolute atomic E-state index is 11.0. The number of carbonyl (C=O) groups excluding carboxylic acids is 1. The summed E-state index contributed by atoms with van der Waals surface area (Å²) in [5.74, 6) is -0.641. The normalized spacial score (nSPS) is 9.77. The van der Waals surface area contributed by atoms with Crippen molar-refractivity contribution in [3.63, 3.8) is 0 Å². The zero-order valence-electron chi connectivity index (χ0n) is 6.94. The number of ether oxygens (including phenoxy) is 1. The second-order valence-corrected chi connectivity index (χ2v) is 3.06. The summed E-state index contributed by atoms with van der Waals surface area (Å²) in [4.78, 5) is 14.8. The smallest absolute Gasteiger partial charge is 0.361 e. The first-order valence-corrected chi connectivity index (χ1v) is 4.81. The Bertz CT molecular complexity index is 334. The van der Waals surface area contributed by atoms with Crippen molar-refractivity contribution in [1.82, 2.24) is 15.2 Å². The summed E-state index contributed by atoms with van der Waals surface area (Å²) < 4.78 is 4.42. The van der Waals surface area contributed by atoms with E-state index < -0.39 is 5.97 Å². The Morgan fingerprint density at radius 3 is 2.69 bits per heavy atom. The lowest BCUT2D eigenvalue weighted by atomic mass is 10.5. The van der Waals surface area contributed by atoms with Gasteiger partial charge in [-0.1, -0.05) is 23.4 Å². The molecule has 0 bridgehead atoms. The molecule has 1 aromatic heterocycles. The third-order valence-corrected chi connectivity index (χ3v) is 1.99. The molecule has 0 amide bonds. The lowest BCUT2D eigenvalue weighted by molar-refractivity contribution is 0.0592. The predicted octanol–water partition coefficient (Wildman–Crippen LogP) is 1.03. The highest BCUT2D eigenvalue weighted by molar-refractivity contribution is 7.98. The molecule has 0 saturated carbocycles. The second-order valence-electron chi connectivity index (χ2n) is 1.93. The lowest BCUT2D eigenvalue weighted by Gasteiger charge is -1.99. The van der Waals surface area contributed by atoms with Crippen LogP contribution in [0.4, 0.5) is 0 Å². The van der Waals surface area contributed by atoms with E-state index in [-0.39, 0.29) is 10.8 Å². The van der Waals surface area contributed by atoms with Crippen LogP contribution in [0.15, 0.2) is 5.16 Å². The molecule has 7 heteroatoms. The molecule has 0 fully saturated rings. The lowest BCUT2D eigenvalue weighted by Crippen LogP contribution is -2.08. The summed E-state index contributed by atoms with van der Waals surface area (Å²) in [6.45, 7) is 0. The molecular formula is C6H6ClN3O2S. The molecule has 0 N–H and O–H groups in total. The largest absolute Gasteiger partial charge is 0.464 e. The maximum Gasteiger partial charge on any atom is 0.361 e. The molecule has 1 rings (SSSR count). The van der Waals surface area contributed by atoms with Crippen LogP contribution in [-0.4, -0.2) is 34.5 Å². The van der Waals surface area contributed by atoms with Gasteiger partial charge in [0.05, 0.1) is 7.11 Å². The number of methoxy groups -OCH3 is 1. The highest BCUT2D eigenvalue weighted by atomic mass is 35.5. The Morgan fingerprint density at radius 2 is 2.23 bits per heavy atom. The molecule has 0 radical (unpaired) electrons. The number of hydrogen-bond acceptors (Lipinski definition) is 6. The summed E-state index contributed by atoms with van der Waals surface area (Å²) in [7, 11) is 1.24. The fourth-order valence-electron chi connectivity index (χ4n) is 0.602. The van der Waals surface area contributed by atoms with Crippen LogP contribution in [-0.2, 0) is 4.74 Å². The number of nitrogens with zero attached hydrogens (tertiary/aromatic N) is 3. The van der Waals surface area contributed by atoms with E-state index in [4.69, 9.17) is 11.6 Å². The van der Waals surface area contributed by atoms with Crippen LogP contribution in [0.5, 0.6) is 0 Å². The van der Waals surface area contributed by atoms with Gasteiger partial charge in [-0.05, 0) is 6.26 Å². The van der Waals surface area contributed by atoms with Gasteiger partial charge in [0.2, 0.25) is 10.9 Å². The van der Waals surface area contributed by atoms with Gasteiger partial charge in [0.1, 0.15) is 0 Å². The van der Waals surface area contributed by atoms with Gasteiger partial charge in [-0.3, -0.25) is 0 Å². The Morgan fingerprint density at radius 1 is 1.54 bits per heavy atom. The standard InChI is InChI=1S/C6H6ClN3O2S/c1-12-5(11)3-4(7)8-6(13-2)10-9-3/h1-2H3. The van der Waals surface area contributed by atoms with Crippen LogP contribution in [0.2, 0.25) is 5.15 Å². The number of thioether (sulfide) groups is 1. The molecule has 5 nitrogen and oxygen atoms in total. The van der Waals surface area contributed by atoms with Crippen LogP contribution < -0.4 is 0 Å². The van der Waals surface area contributed by atoms with Gasteiger partial charge >= 0.3 is 5.97 Å². The fraction of sp³-hybridized carbons (Fsp3) is 0.333. The molecule has 0 atom stereocenters. The minimum Gasteiger partial charge on any atom is -0.464 e. The Hall–Kier alpha value is -0.880. The Balaban J connectivity index is 3.05. The third kappa shape index (κ3) is 2.28. The average molecular weight is 220 g/mol. The summed E-state index contributed by atoms with van der Waals surface area (Å²) >= 11 is 6.94. The monoisotopic (exact) mass is 219 g/mol. The fourth-order valence-corrected chi connectivity index (χ4v) is 1.15. The van der Waals surface area contributed by atoms with Crippen molar-refractivity contribution in [2.75, 3.05) is 13.4 Å². The average Bonchev–Trinajstić information content (AvgIpc) is 2.16. The highest BCUT2D eigenvalue weighted by Gasteiger charge is 2.15. The molecule has 1 heterocycles. The number of carbonyl (C=O) groups is 1. The van der Waals surface area contributed by atoms with E-state index in [0.717, 1.165) is 0 Å². The van der Waals surface area contributed by atoms with E-state index in [0.29, 0.717) is 5.16 Å². The van der Waals surface area contributed by atoms with E-state index in [1.807, 2.05) is 0 Å². The van der Waals surface area contributed by atoms with Gasteiger partial charge < -0.3 is 4.74 Å². The van der Waals surface area contributed by atoms with Crippen molar-refractivity contribution >= 4 is 29.3 Å². The van der Waals surface area contributed by atoms with Crippen molar-refractivity contribution in [2.24, 2.45) is 0 Å². The van der Waals surface area contributed by atoms with E-state index in [2.05, 4.69) is 19.9 Å². The molecule has 0 saturated heterocycles. The molecule has 0 unspecified atom stereocenters. The van der Waals surface area contributed by atoms with Crippen LogP contribution in [0.25, 0.3) is 0 Å². The molecule has 70 valence electrons. The topological polar surface area (TPSA) is 65.0 Å². The first kappa shape index (κ1) is 10.2. The Labute approximate surface area is 83.9 Å². The minimum atomic E-state index is -0.641. The van der Waals surface area contributed by atoms with Gasteiger partial charge in [-0.2, -0.15) is 0 Å². The molecular weight excluding hydrogens is 214 g/mol. The quantitative estimate of drug-likeness (QED) is 0.547. The maximum atomic E-state index is 11.0. The summed E-state index contributed by atoms with van der Waals surface area (Å²) in [6, 6.07) is 0. The Kier molecular flexibility index (Phi) is 3.44. The molecule has 13 heavy (non-hydrogen) atoms. The van der Waals surface area contributed by atoms with Crippen LogP contribution in [0.1, 0.15) is 10.5 Å². The highest BCUT2D eigenvalue weighted by Crippen LogP contribution is 2.14.